The van der Waals surface area contributed by atoms with Crippen LogP contribution in [0, 0.1) is 0 Å². The van der Waals surface area contributed by atoms with E-state index in [9.17, 15) is 9.90 Å². The van der Waals surface area contributed by atoms with Crippen LogP contribution in [-0.4, -0.2) is 23.7 Å². The van der Waals surface area contributed by atoms with Crippen molar-refractivity contribution in [2.75, 3.05) is 6.54 Å². The van der Waals surface area contributed by atoms with Gasteiger partial charge in [0.15, 0.2) is 0 Å². The first-order valence-corrected chi connectivity index (χ1v) is 9.55. The van der Waals surface area contributed by atoms with Crippen molar-refractivity contribution in [1.29, 1.82) is 0 Å². The number of aliphatic hydroxyl groups is 1. The Labute approximate surface area is 166 Å². The predicted octanol–water partition coefficient (Wildman–Crippen LogP) is 3.54. The van der Waals surface area contributed by atoms with E-state index in [0.29, 0.717) is 25.1 Å². The van der Waals surface area contributed by atoms with Gasteiger partial charge in [0.25, 0.3) is 0 Å². The highest BCUT2D eigenvalue weighted by atomic mass is 16.3. The highest BCUT2D eigenvalue weighted by Gasteiger charge is 2.15. The minimum Gasteiger partial charge on any atom is -0.392 e. The Morgan fingerprint density at radius 1 is 0.929 bits per heavy atom. The molecule has 0 unspecified atom stereocenters. The van der Waals surface area contributed by atoms with Crippen molar-refractivity contribution in [3.63, 3.8) is 0 Å². The van der Waals surface area contributed by atoms with Gasteiger partial charge < -0.3 is 16.2 Å². The van der Waals surface area contributed by atoms with E-state index >= 15 is 0 Å². The lowest BCUT2D eigenvalue weighted by Crippen LogP contribution is -2.28. The predicted molar refractivity (Wildman–Crippen MR) is 113 cm³/mol. The number of benzene rings is 3. The highest BCUT2D eigenvalue weighted by molar-refractivity contribution is 6.01. The van der Waals surface area contributed by atoms with Gasteiger partial charge in [-0.2, -0.15) is 0 Å². The van der Waals surface area contributed by atoms with Crippen LogP contribution < -0.4 is 11.1 Å². The average molecular weight is 374 g/mol. The molecule has 4 nitrogen and oxygen atoms in total. The Kier molecular flexibility index (Phi) is 6.95. The third-order valence-corrected chi connectivity index (χ3v) is 4.79. The molecule has 3 aromatic rings. The third kappa shape index (κ3) is 5.28. The lowest BCUT2D eigenvalue weighted by Gasteiger charge is -2.15. The first-order valence-electron chi connectivity index (χ1n) is 9.55. The Morgan fingerprint density at radius 3 is 2.29 bits per heavy atom. The molecule has 28 heavy (non-hydrogen) atoms. The zero-order chi connectivity index (χ0) is 19.8. The maximum absolute atomic E-state index is 12.1. The smallest absolute Gasteiger partial charge is 0.249 e. The largest absolute Gasteiger partial charge is 0.392 e. The second-order valence-corrected chi connectivity index (χ2v) is 6.88. The van der Waals surface area contributed by atoms with Crippen molar-refractivity contribution < 1.29 is 9.90 Å². The van der Waals surface area contributed by atoms with Gasteiger partial charge in [-0.3, -0.25) is 4.79 Å². The van der Waals surface area contributed by atoms with Crippen molar-refractivity contribution in [3.8, 4) is 11.1 Å². The third-order valence-electron chi connectivity index (χ3n) is 4.79. The molecule has 0 fully saturated rings. The quantitative estimate of drug-likeness (QED) is 0.536. The summed E-state index contributed by atoms with van der Waals surface area (Å²) in [5, 5.41) is 13.5. The van der Waals surface area contributed by atoms with E-state index in [0.717, 1.165) is 23.1 Å². The molecule has 1 amide bonds. The number of rotatable bonds is 9. The van der Waals surface area contributed by atoms with Gasteiger partial charge in [-0.15, -0.1) is 0 Å². The second kappa shape index (κ2) is 9.83. The van der Waals surface area contributed by atoms with Gasteiger partial charge in [0.1, 0.15) is 0 Å². The van der Waals surface area contributed by atoms with Crippen LogP contribution in [0.15, 0.2) is 78.9 Å². The average Bonchev–Trinajstić information content (AvgIpc) is 2.73. The second-order valence-electron chi connectivity index (χ2n) is 6.88. The van der Waals surface area contributed by atoms with Gasteiger partial charge in [0, 0.05) is 13.1 Å². The van der Waals surface area contributed by atoms with Gasteiger partial charge in [-0.05, 0) is 35.1 Å². The summed E-state index contributed by atoms with van der Waals surface area (Å²) < 4.78 is 0. The van der Waals surface area contributed by atoms with Crippen molar-refractivity contribution in [3.05, 3.63) is 95.6 Å². The fourth-order valence-electron chi connectivity index (χ4n) is 3.35. The molecule has 0 radical (unpaired) electrons. The highest BCUT2D eigenvalue weighted by Crippen LogP contribution is 2.26. The SMILES string of the molecule is NC(=O)c1c(CNC[C@@H](O)CCc2ccccc2)cccc1-c1ccccc1. The summed E-state index contributed by atoms with van der Waals surface area (Å²) in [4.78, 5) is 12.1. The number of aryl methyl sites for hydroxylation is 1. The molecule has 1 atom stereocenters. The molecule has 0 aromatic heterocycles. The van der Waals surface area contributed by atoms with E-state index in [1.807, 2.05) is 66.7 Å². The van der Waals surface area contributed by atoms with E-state index in [4.69, 9.17) is 5.73 Å². The molecule has 0 spiro atoms. The molecule has 0 aliphatic heterocycles. The number of hydrogen-bond donors (Lipinski definition) is 3. The van der Waals surface area contributed by atoms with Crippen molar-refractivity contribution in [2.24, 2.45) is 5.73 Å². The molecule has 0 aliphatic rings. The number of primary amides is 1. The summed E-state index contributed by atoms with van der Waals surface area (Å²) in [7, 11) is 0. The normalized spacial score (nSPS) is 11.9. The Bertz CT molecular complexity index is 895. The number of hydrogen-bond acceptors (Lipinski definition) is 3. The van der Waals surface area contributed by atoms with E-state index in [2.05, 4.69) is 17.4 Å². The Morgan fingerprint density at radius 2 is 1.61 bits per heavy atom. The fraction of sp³-hybridized carbons (Fsp3) is 0.208. The van der Waals surface area contributed by atoms with Crippen LogP contribution in [0.2, 0.25) is 0 Å². The van der Waals surface area contributed by atoms with Crippen LogP contribution >= 0.6 is 0 Å². The van der Waals surface area contributed by atoms with E-state index in [1.165, 1.54) is 5.56 Å². The molecular weight excluding hydrogens is 348 g/mol. The lowest BCUT2D eigenvalue weighted by atomic mass is 9.95. The standard InChI is InChI=1S/C24H26N2O2/c25-24(28)23-20(12-7-13-22(23)19-10-5-2-6-11-19)16-26-17-21(27)15-14-18-8-3-1-4-9-18/h1-13,21,26-27H,14-17H2,(H2,25,28)/t21-/m0/s1. The number of aliphatic hydroxyl groups excluding tert-OH is 1. The molecule has 0 saturated carbocycles. The number of nitrogens with one attached hydrogen (secondary N) is 1. The van der Waals surface area contributed by atoms with Gasteiger partial charge in [0.05, 0.1) is 11.7 Å². The van der Waals surface area contributed by atoms with E-state index in [1.54, 1.807) is 0 Å². The number of amides is 1. The van der Waals surface area contributed by atoms with Crippen LogP contribution in [0.25, 0.3) is 11.1 Å². The maximum atomic E-state index is 12.1. The zero-order valence-electron chi connectivity index (χ0n) is 15.8. The molecule has 0 bridgehead atoms. The van der Waals surface area contributed by atoms with Gasteiger partial charge >= 0.3 is 0 Å². The minimum absolute atomic E-state index is 0.444. The number of carbonyl (C=O) groups is 1. The lowest BCUT2D eigenvalue weighted by molar-refractivity contribution is 0.1000. The monoisotopic (exact) mass is 374 g/mol. The first kappa shape index (κ1) is 19.8. The molecule has 4 heteroatoms. The topological polar surface area (TPSA) is 75.4 Å². The van der Waals surface area contributed by atoms with Crippen LogP contribution in [-0.2, 0) is 13.0 Å². The van der Waals surface area contributed by atoms with Crippen molar-refractivity contribution in [1.82, 2.24) is 5.32 Å². The summed E-state index contributed by atoms with van der Waals surface area (Å²) in [6, 6.07) is 25.6. The summed E-state index contributed by atoms with van der Waals surface area (Å²) in [6.07, 6.45) is 1.07. The molecule has 0 heterocycles. The minimum atomic E-state index is -0.449. The zero-order valence-corrected chi connectivity index (χ0v) is 15.8. The molecule has 4 N–H and O–H groups in total. The van der Waals surface area contributed by atoms with Crippen LogP contribution in [0.3, 0.4) is 0 Å². The number of nitrogens with two attached hydrogens (primary N) is 1. The molecule has 144 valence electrons. The van der Waals surface area contributed by atoms with E-state index in [-0.39, 0.29) is 0 Å². The van der Waals surface area contributed by atoms with Gasteiger partial charge in [-0.25, -0.2) is 0 Å². The summed E-state index contributed by atoms with van der Waals surface area (Å²) in [6.45, 7) is 0.932. The van der Waals surface area contributed by atoms with Gasteiger partial charge in [0.2, 0.25) is 5.91 Å². The molecule has 0 aliphatic carbocycles. The summed E-state index contributed by atoms with van der Waals surface area (Å²) >= 11 is 0. The summed E-state index contributed by atoms with van der Waals surface area (Å²) in [5.41, 5.74) is 10.1. The summed E-state index contributed by atoms with van der Waals surface area (Å²) in [5.74, 6) is -0.444. The van der Waals surface area contributed by atoms with Crippen LogP contribution in [0.4, 0.5) is 0 Å². The van der Waals surface area contributed by atoms with Crippen molar-refractivity contribution in [2.45, 2.75) is 25.5 Å². The Hall–Kier alpha value is -2.95. The molecular formula is C24H26N2O2. The molecule has 3 aromatic carbocycles. The Balaban J connectivity index is 1.62. The van der Waals surface area contributed by atoms with Crippen molar-refractivity contribution >= 4 is 5.91 Å². The maximum Gasteiger partial charge on any atom is 0.249 e. The first-order chi connectivity index (χ1) is 13.6. The molecule has 0 saturated heterocycles. The molecule has 3 rings (SSSR count). The van der Waals surface area contributed by atoms with Crippen LogP contribution in [0.1, 0.15) is 27.9 Å². The van der Waals surface area contributed by atoms with Gasteiger partial charge in [-0.1, -0.05) is 78.9 Å². The van der Waals surface area contributed by atoms with E-state index < -0.39 is 12.0 Å². The fourth-order valence-corrected chi connectivity index (χ4v) is 3.35. The van der Waals surface area contributed by atoms with Crippen LogP contribution in [0.5, 0.6) is 0 Å². The number of carbonyl (C=O) groups excluding carboxylic acids is 1.